The predicted molar refractivity (Wildman–Crippen MR) is 93.4 cm³/mol. The lowest BCUT2D eigenvalue weighted by molar-refractivity contribution is 0.562. The number of hydrogen-bond donors (Lipinski definition) is 0. The van der Waals surface area contributed by atoms with E-state index in [9.17, 15) is 18.1 Å². The Morgan fingerprint density at radius 1 is 1.12 bits per heavy atom. The molecule has 0 aliphatic rings. The first-order valence-electron chi connectivity index (χ1n) is 7.55. The number of anilines is 1. The van der Waals surface area contributed by atoms with Gasteiger partial charge in [-0.3, -0.25) is 0 Å². The molecule has 132 valence electrons. The van der Waals surface area contributed by atoms with Gasteiger partial charge in [0.2, 0.25) is 17.5 Å². The van der Waals surface area contributed by atoms with Gasteiger partial charge in [-0.1, -0.05) is 17.7 Å². The number of aromatic nitrogens is 1. The Kier molecular flexibility index (Phi) is 4.49. The summed E-state index contributed by atoms with van der Waals surface area (Å²) in [6.45, 7) is 1.93. The number of rotatable bonds is 4. The fourth-order valence-corrected chi connectivity index (χ4v) is 3.43. The molecular formula is C18H14FN3O3S. The van der Waals surface area contributed by atoms with Gasteiger partial charge >= 0.3 is 0 Å². The molecule has 0 amide bonds. The smallest absolute Gasteiger partial charge is 0.266 e. The van der Waals surface area contributed by atoms with Crippen LogP contribution in [0.25, 0.3) is 11.5 Å². The second-order valence-corrected chi connectivity index (χ2v) is 7.55. The second kappa shape index (κ2) is 6.61. The molecule has 3 rings (SSSR count). The number of benzene rings is 2. The molecule has 1 aromatic heterocycles. The molecule has 0 saturated carbocycles. The summed E-state index contributed by atoms with van der Waals surface area (Å²) in [7, 11) is -2.79. The zero-order chi connectivity index (χ0) is 18.9. The van der Waals surface area contributed by atoms with Crippen LogP contribution in [0, 0.1) is 24.1 Å². The summed E-state index contributed by atoms with van der Waals surface area (Å²) in [6.07, 6.45) is 0. The van der Waals surface area contributed by atoms with Crippen molar-refractivity contribution in [3.05, 3.63) is 65.6 Å². The molecule has 3 aromatic rings. The summed E-state index contributed by atoms with van der Waals surface area (Å²) in [5.74, 6) is -0.615. The summed E-state index contributed by atoms with van der Waals surface area (Å²) < 4.78 is 44.9. The standard InChI is InChI=1S/C18H14FN3O3S/c1-12-3-5-13(6-4-12)17-21-16(11-20)18(25-17)22(2)26(23,24)15-9-7-14(19)8-10-15/h3-10H,1-2H3. The van der Waals surface area contributed by atoms with Crippen molar-refractivity contribution < 1.29 is 17.2 Å². The molecule has 0 atom stereocenters. The highest BCUT2D eigenvalue weighted by Gasteiger charge is 2.28. The molecule has 0 unspecified atom stereocenters. The molecule has 2 aromatic carbocycles. The Balaban J connectivity index is 2.04. The van der Waals surface area contributed by atoms with Crippen LogP contribution in [0.3, 0.4) is 0 Å². The predicted octanol–water partition coefficient (Wildman–Crippen LogP) is 3.49. The molecule has 0 N–H and O–H groups in total. The van der Waals surface area contributed by atoms with E-state index in [0.717, 1.165) is 34.1 Å². The fraction of sp³-hybridized carbons (Fsp3) is 0.111. The van der Waals surface area contributed by atoms with Gasteiger partial charge in [0.05, 0.1) is 4.90 Å². The van der Waals surface area contributed by atoms with Crippen LogP contribution in [-0.2, 0) is 10.0 Å². The quantitative estimate of drug-likeness (QED) is 0.701. The molecule has 26 heavy (non-hydrogen) atoms. The Morgan fingerprint density at radius 2 is 1.73 bits per heavy atom. The number of nitriles is 1. The molecule has 0 spiro atoms. The number of nitrogens with zero attached hydrogens (tertiary/aromatic N) is 3. The van der Waals surface area contributed by atoms with E-state index < -0.39 is 15.8 Å². The first kappa shape index (κ1) is 17.6. The summed E-state index contributed by atoms with van der Waals surface area (Å²) in [5.41, 5.74) is 1.50. The molecule has 0 radical (unpaired) electrons. The van der Waals surface area contributed by atoms with E-state index in [1.54, 1.807) is 12.1 Å². The van der Waals surface area contributed by atoms with E-state index in [1.165, 1.54) is 7.05 Å². The van der Waals surface area contributed by atoms with Crippen LogP contribution in [0.2, 0.25) is 0 Å². The van der Waals surface area contributed by atoms with Gasteiger partial charge in [-0.25, -0.2) is 17.1 Å². The van der Waals surface area contributed by atoms with Crippen molar-refractivity contribution in [3.8, 4) is 17.5 Å². The number of sulfonamides is 1. The summed E-state index contributed by atoms with van der Waals surface area (Å²) >= 11 is 0. The van der Waals surface area contributed by atoms with E-state index in [4.69, 9.17) is 4.42 Å². The van der Waals surface area contributed by atoms with Gasteiger partial charge in [0.15, 0.2) is 0 Å². The Morgan fingerprint density at radius 3 is 2.31 bits per heavy atom. The minimum Gasteiger partial charge on any atom is -0.418 e. The monoisotopic (exact) mass is 371 g/mol. The SMILES string of the molecule is Cc1ccc(-c2nc(C#N)c(N(C)S(=O)(=O)c3ccc(F)cc3)o2)cc1. The van der Waals surface area contributed by atoms with Crippen LogP contribution in [-0.4, -0.2) is 20.4 Å². The lowest BCUT2D eigenvalue weighted by Gasteiger charge is -2.16. The van der Waals surface area contributed by atoms with E-state index in [0.29, 0.717) is 5.56 Å². The summed E-state index contributed by atoms with van der Waals surface area (Å²) in [5, 5.41) is 9.30. The highest BCUT2D eigenvalue weighted by atomic mass is 32.2. The zero-order valence-corrected chi connectivity index (χ0v) is 14.8. The van der Waals surface area contributed by atoms with Crippen molar-refractivity contribution in [2.24, 2.45) is 0 Å². The van der Waals surface area contributed by atoms with Crippen LogP contribution in [0.15, 0.2) is 57.8 Å². The van der Waals surface area contributed by atoms with E-state index >= 15 is 0 Å². The lowest BCUT2D eigenvalue weighted by atomic mass is 10.1. The van der Waals surface area contributed by atoms with Crippen molar-refractivity contribution in [1.29, 1.82) is 5.26 Å². The van der Waals surface area contributed by atoms with Gasteiger partial charge in [0.25, 0.3) is 10.0 Å². The Labute approximate surface area is 150 Å². The number of hydrogen-bond acceptors (Lipinski definition) is 5. The van der Waals surface area contributed by atoms with E-state index in [-0.39, 0.29) is 22.4 Å². The first-order valence-corrected chi connectivity index (χ1v) is 8.99. The minimum absolute atomic E-state index is 0.126. The number of halogens is 1. The third-order valence-electron chi connectivity index (χ3n) is 3.77. The molecule has 1 heterocycles. The Hall–Kier alpha value is -3.18. The molecule has 6 nitrogen and oxygen atoms in total. The number of aryl methyl sites for hydroxylation is 1. The summed E-state index contributed by atoms with van der Waals surface area (Å²) in [6, 6.07) is 13.4. The summed E-state index contributed by atoms with van der Waals surface area (Å²) in [4.78, 5) is 3.95. The second-order valence-electron chi connectivity index (χ2n) is 5.58. The molecule has 0 saturated heterocycles. The van der Waals surface area contributed by atoms with Gasteiger partial charge in [0.1, 0.15) is 11.9 Å². The van der Waals surface area contributed by atoms with E-state index in [1.807, 2.05) is 25.1 Å². The third-order valence-corrected chi connectivity index (χ3v) is 5.53. The van der Waals surface area contributed by atoms with Crippen molar-refractivity contribution in [2.45, 2.75) is 11.8 Å². The van der Waals surface area contributed by atoms with Crippen molar-refractivity contribution >= 4 is 15.9 Å². The fourth-order valence-electron chi connectivity index (χ4n) is 2.29. The third kappa shape index (κ3) is 3.17. The molecular weight excluding hydrogens is 357 g/mol. The van der Waals surface area contributed by atoms with Crippen molar-refractivity contribution in [1.82, 2.24) is 4.98 Å². The maximum Gasteiger partial charge on any atom is 0.266 e. The topological polar surface area (TPSA) is 87.2 Å². The van der Waals surface area contributed by atoms with Gasteiger partial charge in [0, 0.05) is 12.6 Å². The Bertz CT molecular complexity index is 1080. The highest BCUT2D eigenvalue weighted by Crippen LogP contribution is 2.30. The van der Waals surface area contributed by atoms with Crippen LogP contribution in [0.5, 0.6) is 0 Å². The van der Waals surface area contributed by atoms with Gasteiger partial charge in [-0.05, 0) is 43.3 Å². The van der Waals surface area contributed by atoms with Crippen LogP contribution in [0.1, 0.15) is 11.3 Å². The molecule has 0 fully saturated rings. The van der Waals surface area contributed by atoms with E-state index in [2.05, 4.69) is 4.98 Å². The first-order chi connectivity index (χ1) is 12.3. The van der Waals surface area contributed by atoms with Gasteiger partial charge in [-0.15, -0.1) is 0 Å². The van der Waals surface area contributed by atoms with Crippen molar-refractivity contribution in [2.75, 3.05) is 11.4 Å². The van der Waals surface area contributed by atoms with Crippen LogP contribution in [0.4, 0.5) is 10.3 Å². The van der Waals surface area contributed by atoms with Crippen LogP contribution >= 0.6 is 0 Å². The molecule has 0 aliphatic heterocycles. The average molecular weight is 371 g/mol. The van der Waals surface area contributed by atoms with Crippen LogP contribution < -0.4 is 4.31 Å². The van der Waals surface area contributed by atoms with Crippen molar-refractivity contribution in [3.63, 3.8) is 0 Å². The largest absolute Gasteiger partial charge is 0.418 e. The van der Waals surface area contributed by atoms with Gasteiger partial charge in [-0.2, -0.15) is 10.2 Å². The normalized spacial score (nSPS) is 11.2. The highest BCUT2D eigenvalue weighted by molar-refractivity contribution is 7.92. The maximum absolute atomic E-state index is 13.1. The minimum atomic E-state index is -4.04. The maximum atomic E-state index is 13.1. The molecule has 0 bridgehead atoms. The molecule has 0 aliphatic carbocycles. The lowest BCUT2D eigenvalue weighted by Crippen LogP contribution is -2.26. The van der Waals surface area contributed by atoms with Gasteiger partial charge < -0.3 is 4.42 Å². The number of oxazole rings is 1. The molecule has 8 heteroatoms. The zero-order valence-electron chi connectivity index (χ0n) is 14.0. The average Bonchev–Trinajstić information content (AvgIpc) is 3.06.